The molecular formula is C24H24ClN5O2. The minimum atomic E-state index is -0.722. The van der Waals surface area contributed by atoms with Gasteiger partial charge in [-0.05, 0) is 42.3 Å². The minimum Gasteiger partial charge on any atom is -0.357 e. The van der Waals surface area contributed by atoms with Gasteiger partial charge in [0, 0.05) is 32.2 Å². The Morgan fingerprint density at radius 3 is 2.41 bits per heavy atom. The fourth-order valence-electron chi connectivity index (χ4n) is 3.02. The van der Waals surface area contributed by atoms with Gasteiger partial charge < -0.3 is 15.5 Å². The molecule has 0 spiro atoms. The van der Waals surface area contributed by atoms with Crippen molar-refractivity contribution in [3.05, 3.63) is 89.2 Å². The third kappa shape index (κ3) is 5.92. The van der Waals surface area contributed by atoms with E-state index in [1.54, 1.807) is 42.7 Å². The summed E-state index contributed by atoms with van der Waals surface area (Å²) in [4.78, 5) is 35.2. The number of hydrogen-bond acceptors (Lipinski definition) is 5. The van der Waals surface area contributed by atoms with Crippen molar-refractivity contribution in [1.82, 2.24) is 20.6 Å². The molecule has 164 valence electrons. The van der Waals surface area contributed by atoms with Gasteiger partial charge >= 0.3 is 0 Å². The molecule has 7 nitrogen and oxygen atoms in total. The molecule has 32 heavy (non-hydrogen) atoms. The normalized spacial score (nSPS) is 11.7. The van der Waals surface area contributed by atoms with Crippen LogP contribution in [0.2, 0.25) is 5.02 Å². The summed E-state index contributed by atoms with van der Waals surface area (Å²) in [5.74, 6) is -0.0681. The molecular weight excluding hydrogens is 426 g/mol. The molecule has 3 aromatic rings. The summed E-state index contributed by atoms with van der Waals surface area (Å²) in [5, 5.41) is 5.66. The quantitative estimate of drug-likeness (QED) is 0.545. The molecule has 1 unspecified atom stereocenters. The van der Waals surface area contributed by atoms with Crippen LogP contribution in [0.4, 0.5) is 11.6 Å². The Labute approximate surface area is 192 Å². The highest BCUT2D eigenvalue weighted by Gasteiger charge is 2.20. The summed E-state index contributed by atoms with van der Waals surface area (Å²) in [6.45, 7) is 0. The van der Waals surface area contributed by atoms with E-state index in [1.165, 1.54) is 7.05 Å². The van der Waals surface area contributed by atoms with Crippen molar-refractivity contribution in [2.45, 2.75) is 12.5 Å². The highest BCUT2D eigenvalue weighted by molar-refractivity contribution is 6.33. The molecule has 1 heterocycles. The molecule has 2 N–H and O–H groups in total. The van der Waals surface area contributed by atoms with E-state index < -0.39 is 11.9 Å². The summed E-state index contributed by atoms with van der Waals surface area (Å²) in [6.07, 6.45) is 7.48. The van der Waals surface area contributed by atoms with Crippen LogP contribution in [-0.4, -0.2) is 41.9 Å². The van der Waals surface area contributed by atoms with Gasteiger partial charge in [0.2, 0.25) is 11.9 Å². The van der Waals surface area contributed by atoms with Crippen LogP contribution in [0.25, 0.3) is 6.08 Å². The first-order valence-corrected chi connectivity index (χ1v) is 10.4. The monoisotopic (exact) mass is 449 g/mol. The Kier molecular flexibility index (Phi) is 7.94. The summed E-state index contributed by atoms with van der Waals surface area (Å²) in [5.41, 5.74) is 2.24. The fourth-order valence-corrected chi connectivity index (χ4v) is 3.24. The summed E-state index contributed by atoms with van der Waals surface area (Å²) in [6, 6.07) is 15.6. The molecule has 3 rings (SSSR count). The Morgan fingerprint density at radius 1 is 1.06 bits per heavy atom. The Hall–Kier alpha value is -3.71. The van der Waals surface area contributed by atoms with E-state index in [1.807, 2.05) is 48.4 Å². The lowest BCUT2D eigenvalue weighted by Gasteiger charge is -2.17. The van der Waals surface area contributed by atoms with Crippen LogP contribution in [-0.2, 0) is 4.79 Å². The average Bonchev–Trinajstić information content (AvgIpc) is 2.83. The Morgan fingerprint density at radius 2 is 1.75 bits per heavy atom. The molecule has 0 aliphatic heterocycles. The second kappa shape index (κ2) is 11.1. The van der Waals surface area contributed by atoms with Crippen LogP contribution < -0.4 is 15.5 Å². The number of nitrogens with one attached hydrogen (secondary N) is 2. The van der Waals surface area contributed by atoms with Crippen LogP contribution in [0.1, 0.15) is 22.3 Å². The van der Waals surface area contributed by atoms with E-state index in [4.69, 9.17) is 11.6 Å². The summed E-state index contributed by atoms with van der Waals surface area (Å²) in [7, 11) is 3.43. The predicted molar refractivity (Wildman–Crippen MR) is 127 cm³/mol. The SMILES string of the molecule is CNC(=O)C(CC=Cc1ccc(N(C)c2ncccn2)cc1)NC(=O)c1ccccc1Cl. The third-order valence-corrected chi connectivity index (χ3v) is 5.13. The number of carbonyl (C=O) groups is 2. The molecule has 2 amide bonds. The number of likely N-dealkylation sites (N-methyl/N-ethyl adjacent to an activating group) is 1. The maximum Gasteiger partial charge on any atom is 0.253 e. The zero-order valence-corrected chi connectivity index (χ0v) is 18.6. The molecule has 0 fully saturated rings. The molecule has 1 atom stereocenters. The number of halogens is 1. The smallest absolute Gasteiger partial charge is 0.253 e. The largest absolute Gasteiger partial charge is 0.357 e. The van der Waals surface area contributed by atoms with Crippen LogP contribution in [0, 0.1) is 0 Å². The summed E-state index contributed by atoms with van der Waals surface area (Å²) < 4.78 is 0. The van der Waals surface area contributed by atoms with E-state index in [0.717, 1.165) is 11.3 Å². The van der Waals surface area contributed by atoms with Crippen molar-refractivity contribution < 1.29 is 9.59 Å². The van der Waals surface area contributed by atoms with Crippen LogP contribution in [0.3, 0.4) is 0 Å². The van der Waals surface area contributed by atoms with Gasteiger partial charge in [-0.3, -0.25) is 9.59 Å². The molecule has 0 bridgehead atoms. The molecule has 1 aromatic heterocycles. The predicted octanol–water partition coefficient (Wildman–Crippen LogP) is 3.85. The maximum absolute atomic E-state index is 12.5. The van der Waals surface area contributed by atoms with Crippen LogP contribution in [0.15, 0.2) is 73.1 Å². The Balaban J connectivity index is 1.64. The summed E-state index contributed by atoms with van der Waals surface area (Å²) >= 11 is 6.09. The second-order valence-electron chi connectivity index (χ2n) is 6.96. The van der Waals surface area contributed by atoms with Crippen LogP contribution in [0.5, 0.6) is 0 Å². The standard InChI is InChI=1S/C24H24ClN5O2/c1-26-23(32)21(29-22(31)19-8-3-4-9-20(19)25)10-5-7-17-11-13-18(14-12-17)30(2)24-27-15-6-16-28-24/h3-9,11-16,21H,10H2,1-2H3,(H,26,32)(H,29,31). The van der Waals surface area contributed by atoms with Crippen molar-refractivity contribution in [2.24, 2.45) is 0 Å². The van der Waals surface area contributed by atoms with Crippen molar-refractivity contribution in [3.63, 3.8) is 0 Å². The number of aromatic nitrogens is 2. The van der Waals surface area contributed by atoms with Gasteiger partial charge in [-0.1, -0.05) is 48.0 Å². The number of hydrogen-bond donors (Lipinski definition) is 2. The van der Waals surface area contributed by atoms with Crippen LogP contribution >= 0.6 is 11.6 Å². The third-order valence-electron chi connectivity index (χ3n) is 4.80. The first-order valence-electron chi connectivity index (χ1n) is 10.0. The molecule has 0 aliphatic rings. The van der Waals surface area contributed by atoms with E-state index in [2.05, 4.69) is 20.6 Å². The van der Waals surface area contributed by atoms with E-state index in [-0.39, 0.29) is 5.91 Å². The highest BCUT2D eigenvalue weighted by Crippen LogP contribution is 2.20. The zero-order valence-electron chi connectivity index (χ0n) is 17.8. The van der Waals surface area contributed by atoms with Gasteiger partial charge in [-0.25, -0.2) is 9.97 Å². The number of anilines is 2. The maximum atomic E-state index is 12.5. The molecule has 0 saturated carbocycles. The van der Waals surface area contributed by atoms with Crippen molar-refractivity contribution >= 4 is 41.1 Å². The van der Waals surface area contributed by atoms with Gasteiger partial charge in [-0.15, -0.1) is 0 Å². The average molecular weight is 450 g/mol. The number of amides is 2. The van der Waals surface area contributed by atoms with Crippen molar-refractivity contribution in [1.29, 1.82) is 0 Å². The zero-order chi connectivity index (χ0) is 22.9. The van der Waals surface area contributed by atoms with Gasteiger partial charge in [0.25, 0.3) is 5.91 Å². The lowest BCUT2D eigenvalue weighted by atomic mass is 10.1. The number of carbonyl (C=O) groups excluding carboxylic acids is 2. The van der Waals surface area contributed by atoms with Gasteiger partial charge in [0.1, 0.15) is 6.04 Å². The van der Waals surface area contributed by atoms with Crippen molar-refractivity contribution in [3.8, 4) is 0 Å². The second-order valence-corrected chi connectivity index (χ2v) is 7.36. The van der Waals surface area contributed by atoms with E-state index >= 15 is 0 Å². The van der Waals surface area contributed by atoms with E-state index in [9.17, 15) is 9.59 Å². The molecule has 0 saturated heterocycles. The first kappa shape index (κ1) is 23.0. The van der Waals surface area contributed by atoms with Crippen molar-refractivity contribution in [2.75, 3.05) is 19.0 Å². The lowest BCUT2D eigenvalue weighted by Crippen LogP contribution is -2.45. The molecule has 0 aliphatic carbocycles. The first-order chi connectivity index (χ1) is 15.5. The Bertz CT molecular complexity index is 1090. The minimum absolute atomic E-state index is 0.283. The molecule has 2 aromatic carbocycles. The fraction of sp³-hybridized carbons (Fsp3) is 0.167. The number of nitrogens with zero attached hydrogens (tertiary/aromatic N) is 3. The molecule has 0 radical (unpaired) electrons. The topological polar surface area (TPSA) is 87.2 Å². The number of rotatable bonds is 8. The molecule has 8 heteroatoms. The van der Waals surface area contributed by atoms with Gasteiger partial charge in [0.15, 0.2) is 0 Å². The highest BCUT2D eigenvalue weighted by atomic mass is 35.5. The lowest BCUT2D eigenvalue weighted by molar-refractivity contribution is -0.122. The number of benzene rings is 2. The van der Waals surface area contributed by atoms with E-state index in [0.29, 0.717) is 23.0 Å². The van der Waals surface area contributed by atoms with Gasteiger partial charge in [-0.2, -0.15) is 0 Å². The van der Waals surface area contributed by atoms with Gasteiger partial charge in [0.05, 0.1) is 10.6 Å².